The van der Waals surface area contributed by atoms with Crippen LogP contribution in [0.2, 0.25) is 0 Å². The van der Waals surface area contributed by atoms with Crippen molar-refractivity contribution >= 4 is 11.9 Å². The van der Waals surface area contributed by atoms with Crippen LogP contribution in [0.3, 0.4) is 0 Å². The van der Waals surface area contributed by atoms with Crippen molar-refractivity contribution in [2.24, 2.45) is 0 Å². The van der Waals surface area contributed by atoms with E-state index >= 15 is 0 Å². The molecule has 13 heavy (non-hydrogen) atoms. The topological polar surface area (TPSA) is 64.6 Å². The van der Waals surface area contributed by atoms with Crippen LogP contribution in [-0.4, -0.2) is 32.2 Å². The van der Waals surface area contributed by atoms with Gasteiger partial charge in [0.05, 0.1) is 14.2 Å². The minimum Gasteiger partial charge on any atom is -0.467 e. The van der Waals surface area contributed by atoms with E-state index in [1.165, 1.54) is 26.5 Å². The second kappa shape index (κ2) is 6.05. The van der Waals surface area contributed by atoms with E-state index in [4.69, 9.17) is 0 Å². The van der Waals surface area contributed by atoms with Gasteiger partial charge in [0.1, 0.15) is 6.04 Å². The lowest BCUT2D eigenvalue weighted by Gasteiger charge is -2.07. The lowest BCUT2D eigenvalue weighted by molar-refractivity contribution is -0.142. The molecule has 0 aliphatic heterocycles. The number of carbonyl (C=O) groups excluding carboxylic acids is 2. The Kier molecular flexibility index (Phi) is 5.34. The van der Waals surface area contributed by atoms with Crippen LogP contribution < -0.4 is 5.32 Å². The quantitative estimate of drug-likeness (QED) is 0.488. The molecular formula is C8H13NO4. The van der Waals surface area contributed by atoms with Crippen LogP contribution in [0.25, 0.3) is 0 Å². The molecule has 0 bridgehead atoms. The van der Waals surface area contributed by atoms with E-state index in [9.17, 15) is 9.59 Å². The summed E-state index contributed by atoms with van der Waals surface area (Å²) in [7, 11) is 2.57. The molecule has 0 spiro atoms. The van der Waals surface area contributed by atoms with Crippen LogP contribution in [0.15, 0.2) is 12.3 Å². The fourth-order valence-corrected chi connectivity index (χ4v) is 0.573. The predicted octanol–water partition coefficient (Wildman–Crippen LogP) is -0.176. The molecule has 0 aromatic carbocycles. The zero-order valence-corrected chi connectivity index (χ0v) is 7.87. The van der Waals surface area contributed by atoms with Crippen molar-refractivity contribution in [3.8, 4) is 0 Å². The Morgan fingerprint density at radius 1 is 1.31 bits per heavy atom. The van der Waals surface area contributed by atoms with Gasteiger partial charge in [-0.1, -0.05) is 0 Å². The fourth-order valence-electron chi connectivity index (χ4n) is 0.573. The third-order valence-corrected chi connectivity index (χ3v) is 1.32. The van der Waals surface area contributed by atoms with Gasteiger partial charge in [0.2, 0.25) is 0 Å². The van der Waals surface area contributed by atoms with Crippen molar-refractivity contribution in [3.63, 3.8) is 0 Å². The van der Waals surface area contributed by atoms with E-state index in [1.807, 2.05) is 0 Å². The van der Waals surface area contributed by atoms with E-state index in [0.717, 1.165) is 0 Å². The van der Waals surface area contributed by atoms with Gasteiger partial charge in [0, 0.05) is 12.3 Å². The molecule has 0 rings (SSSR count). The molecule has 0 radical (unpaired) electrons. The molecule has 5 nitrogen and oxygen atoms in total. The van der Waals surface area contributed by atoms with E-state index in [2.05, 4.69) is 14.8 Å². The first-order valence-electron chi connectivity index (χ1n) is 3.70. The monoisotopic (exact) mass is 187 g/mol. The number of methoxy groups -OCH3 is 2. The summed E-state index contributed by atoms with van der Waals surface area (Å²) in [5.41, 5.74) is 0. The van der Waals surface area contributed by atoms with Crippen molar-refractivity contribution in [2.45, 2.75) is 13.0 Å². The summed E-state index contributed by atoms with van der Waals surface area (Å²) in [5.74, 6) is -0.876. The molecule has 1 unspecified atom stereocenters. The normalized spacial score (nSPS) is 12.2. The van der Waals surface area contributed by atoms with Crippen molar-refractivity contribution in [1.29, 1.82) is 0 Å². The van der Waals surface area contributed by atoms with Gasteiger partial charge in [-0.2, -0.15) is 0 Å². The molecule has 0 aromatic heterocycles. The molecule has 5 heteroatoms. The molecular weight excluding hydrogens is 174 g/mol. The third-order valence-electron chi connectivity index (χ3n) is 1.32. The molecule has 1 N–H and O–H groups in total. The smallest absolute Gasteiger partial charge is 0.331 e. The van der Waals surface area contributed by atoms with Crippen LogP contribution >= 0.6 is 0 Å². The van der Waals surface area contributed by atoms with Crippen LogP contribution in [0.1, 0.15) is 6.92 Å². The maximum absolute atomic E-state index is 10.8. The van der Waals surface area contributed by atoms with E-state index in [-0.39, 0.29) is 0 Å². The minimum absolute atomic E-state index is 0.394. The minimum atomic E-state index is -0.482. The number of hydrogen-bond donors (Lipinski definition) is 1. The second-order valence-corrected chi connectivity index (χ2v) is 2.27. The van der Waals surface area contributed by atoms with Crippen molar-refractivity contribution < 1.29 is 19.1 Å². The third kappa shape index (κ3) is 4.84. The highest BCUT2D eigenvalue weighted by molar-refractivity contribution is 5.82. The Hall–Kier alpha value is -1.52. The Labute approximate surface area is 76.7 Å². The van der Waals surface area contributed by atoms with Crippen LogP contribution in [0.5, 0.6) is 0 Å². The van der Waals surface area contributed by atoms with E-state index in [0.29, 0.717) is 0 Å². The van der Waals surface area contributed by atoms with Crippen molar-refractivity contribution in [1.82, 2.24) is 5.32 Å². The lowest BCUT2D eigenvalue weighted by Crippen LogP contribution is -2.31. The summed E-state index contributed by atoms with van der Waals surface area (Å²) in [6.07, 6.45) is 2.52. The standard InChI is InChI=1S/C8H13NO4/c1-6(8(11)13-3)9-5-4-7(10)12-2/h4-6,9H,1-3H3/b5-4+. The molecule has 0 amide bonds. The van der Waals surface area contributed by atoms with Gasteiger partial charge in [-0.3, -0.25) is 0 Å². The van der Waals surface area contributed by atoms with Gasteiger partial charge < -0.3 is 14.8 Å². The SMILES string of the molecule is COC(=O)/C=C/NC(C)C(=O)OC. The molecule has 0 aliphatic carbocycles. The molecule has 74 valence electrons. The molecule has 0 saturated heterocycles. The maximum atomic E-state index is 10.8. The molecule has 0 aromatic rings. The number of rotatable bonds is 4. The van der Waals surface area contributed by atoms with Crippen LogP contribution in [0.4, 0.5) is 0 Å². The zero-order valence-electron chi connectivity index (χ0n) is 7.87. The Bertz CT molecular complexity index is 212. The number of ether oxygens (including phenoxy) is 2. The van der Waals surface area contributed by atoms with Gasteiger partial charge in [-0.15, -0.1) is 0 Å². The van der Waals surface area contributed by atoms with Gasteiger partial charge in [0.25, 0.3) is 0 Å². The van der Waals surface area contributed by atoms with Crippen molar-refractivity contribution in [2.75, 3.05) is 14.2 Å². The fraction of sp³-hybridized carbons (Fsp3) is 0.500. The summed E-state index contributed by atoms with van der Waals surface area (Å²) in [5, 5.41) is 2.64. The van der Waals surface area contributed by atoms with Gasteiger partial charge >= 0.3 is 11.9 Å². The lowest BCUT2D eigenvalue weighted by atomic mass is 10.3. The van der Waals surface area contributed by atoms with E-state index < -0.39 is 18.0 Å². The second-order valence-electron chi connectivity index (χ2n) is 2.27. The predicted molar refractivity (Wildman–Crippen MR) is 45.8 cm³/mol. The highest BCUT2D eigenvalue weighted by Crippen LogP contribution is 1.85. The molecule has 1 atom stereocenters. The molecule has 0 fully saturated rings. The summed E-state index contributed by atoms with van der Waals surface area (Å²) in [6.45, 7) is 1.62. The summed E-state index contributed by atoms with van der Waals surface area (Å²) >= 11 is 0. The number of hydrogen-bond acceptors (Lipinski definition) is 5. The number of carbonyl (C=O) groups is 2. The average Bonchev–Trinajstić information content (AvgIpc) is 2.15. The maximum Gasteiger partial charge on any atom is 0.331 e. The first-order valence-corrected chi connectivity index (χ1v) is 3.70. The highest BCUT2D eigenvalue weighted by Gasteiger charge is 2.09. The van der Waals surface area contributed by atoms with Crippen LogP contribution in [-0.2, 0) is 19.1 Å². The van der Waals surface area contributed by atoms with Crippen molar-refractivity contribution in [3.05, 3.63) is 12.3 Å². The summed E-state index contributed by atoms with van der Waals surface area (Å²) in [6, 6.07) is -0.481. The summed E-state index contributed by atoms with van der Waals surface area (Å²) < 4.78 is 8.78. The molecule has 0 aliphatic rings. The number of nitrogens with one attached hydrogen (secondary N) is 1. The first-order chi connectivity index (χ1) is 6.11. The van der Waals surface area contributed by atoms with Crippen LogP contribution in [0, 0.1) is 0 Å². The average molecular weight is 187 g/mol. The van der Waals surface area contributed by atoms with Gasteiger partial charge in [0.15, 0.2) is 0 Å². The highest BCUT2D eigenvalue weighted by atomic mass is 16.5. The number of esters is 2. The zero-order chi connectivity index (χ0) is 10.3. The Balaban J connectivity index is 3.81. The first kappa shape index (κ1) is 11.5. The molecule has 0 saturated carbocycles. The Morgan fingerprint density at radius 3 is 2.38 bits per heavy atom. The van der Waals surface area contributed by atoms with Gasteiger partial charge in [-0.05, 0) is 6.92 Å². The summed E-state index contributed by atoms with van der Waals surface area (Å²) in [4.78, 5) is 21.4. The Morgan fingerprint density at radius 2 is 1.92 bits per heavy atom. The van der Waals surface area contributed by atoms with E-state index in [1.54, 1.807) is 6.92 Å². The van der Waals surface area contributed by atoms with Gasteiger partial charge in [-0.25, -0.2) is 9.59 Å². The molecule has 0 heterocycles. The largest absolute Gasteiger partial charge is 0.467 e.